The van der Waals surface area contributed by atoms with Gasteiger partial charge in [0.2, 0.25) is 21.4 Å². The van der Waals surface area contributed by atoms with Gasteiger partial charge in [0.25, 0.3) is 11.7 Å². The highest BCUT2D eigenvalue weighted by molar-refractivity contribution is 7.89. The highest BCUT2D eigenvalue weighted by atomic mass is 32.2. The Labute approximate surface area is 148 Å². The summed E-state index contributed by atoms with van der Waals surface area (Å²) in [6, 6.07) is 2.54. The van der Waals surface area contributed by atoms with Crippen LogP contribution in [0.15, 0.2) is 29.8 Å². The smallest absolute Gasteiger partial charge is 0.308 e. The van der Waals surface area contributed by atoms with E-state index in [2.05, 4.69) is 0 Å². The average Bonchev–Trinajstić information content (AvgIpc) is 2.99. The van der Waals surface area contributed by atoms with E-state index in [9.17, 15) is 26.8 Å². The summed E-state index contributed by atoms with van der Waals surface area (Å²) in [4.78, 5) is 24.2. The minimum absolute atomic E-state index is 0.0255. The van der Waals surface area contributed by atoms with Gasteiger partial charge in [0.1, 0.15) is 11.6 Å². The largest absolute Gasteiger partial charge is 0.456 e. The first-order valence-electron chi connectivity index (χ1n) is 7.69. The zero-order chi connectivity index (χ0) is 19.3. The first-order valence-corrected chi connectivity index (χ1v) is 9.29. The molecule has 3 rings (SSSR count). The Morgan fingerprint density at radius 3 is 2.58 bits per heavy atom. The minimum Gasteiger partial charge on any atom is -0.456 e. The van der Waals surface area contributed by atoms with Crippen molar-refractivity contribution < 1.29 is 36.3 Å². The number of rotatable bonds is 3. The number of esters is 1. The summed E-state index contributed by atoms with van der Waals surface area (Å²) in [5.41, 5.74) is -2.31. The molecule has 1 unspecified atom stereocenters. The maximum absolute atomic E-state index is 14.2. The molecule has 2 aliphatic heterocycles. The molecule has 1 fully saturated rings. The van der Waals surface area contributed by atoms with Gasteiger partial charge in [-0.25, -0.2) is 21.5 Å². The van der Waals surface area contributed by atoms with Crippen LogP contribution < -0.4 is 0 Å². The topological polar surface area (TPSA) is 90.0 Å². The second-order valence-electron chi connectivity index (χ2n) is 6.06. The Kier molecular flexibility index (Phi) is 4.26. The van der Waals surface area contributed by atoms with Crippen molar-refractivity contribution in [2.45, 2.75) is 25.9 Å². The van der Waals surface area contributed by atoms with E-state index >= 15 is 0 Å². The molecule has 1 aromatic rings. The van der Waals surface area contributed by atoms with Crippen molar-refractivity contribution in [2.24, 2.45) is 0 Å². The van der Waals surface area contributed by atoms with Gasteiger partial charge in [-0.05, 0) is 25.5 Å². The Balaban J connectivity index is 2.11. The summed E-state index contributed by atoms with van der Waals surface area (Å²) in [6.45, 7) is 2.26. The van der Waals surface area contributed by atoms with E-state index in [1.54, 1.807) is 0 Å². The highest BCUT2D eigenvalue weighted by Gasteiger charge is 2.54. The molecule has 0 bridgehead atoms. The van der Waals surface area contributed by atoms with Crippen molar-refractivity contribution in [3.63, 3.8) is 0 Å². The molecule has 0 N–H and O–H groups in total. The van der Waals surface area contributed by atoms with Gasteiger partial charge >= 0.3 is 5.97 Å². The number of carbonyl (C=O) groups excluding carboxylic acids is 2. The summed E-state index contributed by atoms with van der Waals surface area (Å²) in [7, 11) is -3.76. The van der Waals surface area contributed by atoms with Crippen LogP contribution >= 0.6 is 0 Å². The third kappa shape index (κ3) is 2.83. The van der Waals surface area contributed by atoms with Crippen LogP contribution in [0.5, 0.6) is 0 Å². The van der Waals surface area contributed by atoms with Gasteiger partial charge in [0.15, 0.2) is 0 Å². The molecule has 2 heterocycles. The summed E-state index contributed by atoms with van der Waals surface area (Å²) in [5, 5.41) is 0. The molecule has 140 valence electrons. The standard InChI is InChI=1S/C16H15F2NO6S/c1-9(20)24-13-14(21)16(2,11-5-4-10(17)8-12(11)18)25-15(13)19-6-3-7-26(19,22)23/h4-5,8H,3,6-7H2,1-2H3. The molecule has 1 aromatic carbocycles. The third-order valence-corrected chi connectivity index (χ3v) is 5.98. The third-order valence-electron chi connectivity index (χ3n) is 4.15. The van der Waals surface area contributed by atoms with Crippen molar-refractivity contribution in [1.82, 2.24) is 4.31 Å². The number of nitrogens with zero attached hydrogens (tertiary/aromatic N) is 1. The molecule has 1 atom stereocenters. The zero-order valence-corrected chi connectivity index (χ0v) is 14.7. The summed E-state index contributed by atoms with van der Waals surface area (Å²) >= 11 is 0. The fraction of sp³-hybridized carbons (Fsp3) is 0.375. The number of hydrogen-bond donors (Lipinski definition) is 0. The van der Waals surface area contributed by atoms with Crippen LogP contribution in [0, 0.1) is 11.6 Å². The fourth-order valence-corrected chi connectivity index (χ4v) is 4.41. The van der Waals surface area contributed by atoms with Crippen molar-refractivity contribution in [3.8, 4) is 0 Å². The molecule has 10 heteroatoms. The second-order valence-corrected chi connectivity index (χ2v) is 8.07. The SMILES string of the molecule is CC(=O)OC1=C(N2CCCS2(=O)=O)OC(C)(c2ccc(F)cc2F)C1=O. The molecule has 0 spiro atoms. The van der Waals surface area contributed by atoms with Gasteiger partial charge in [-0.15, -0.1) is 0 Å². The second kappa shape index (κ2) is 6.04. The predicted octanol–water partition coefficient (Wildman–Crippen LogP) is 1.55. The zero-order valence-electron chi connectivity index (χ0n) is 13.9. The molecular formula is C16H15F2NO6S. The molecule has 2 aliphatic rings. The lowest BCUT2D eigenvalue weighted by Gasteiger charge is -2.26. The lowest BCUT2D eigenvalue weighted by Crippen LogP contribution is -2.34. The van der Waals surface area contributed by atoms with Crippen molar-refractivity contribution in [3.05, 3.63) is 47.0 Å². The highest BCUT2D eigenvalue weighted by Crippen LogP contribution is 2.43. The van der Waals surface area contributed by atoms with Gasteiger partial charge in [0.05, 0.1) is 5.75 Å². The van der Waals surface area contributed by atoms with Crippen molar-refractivity contribution >= 4 is 21.8 Å². The minimum atomic E-state index is -3.76. The van der Waals surface area contributed by atoms with E-state index in [0.717, 1.165) is 23.4 Å². The number of hydrogen-bond acceptors (Lipinski definition) is 6. The van der Waals surface area contributed by atoms with E-state index in [4.69, 9.17) is 9.47 Å². The average molecular weight is 387 g/mol. The van der Waals surface area contributed by atoms with E-state index in [1.165, 1.54) is 6.92 Å². The monoisotopic (exact) mass is 387 g/mol. The fourth-order valence-electron chi connectivity index (χ4n) is 2.92. The Hall–Kier alpha value is -2.49. The number of sulfonamides is 1. The van der Waals surface area contributed by atoms with Gasteiger partial charge in [-0.3, -0.25) is 9.59 Å². The lowest BCUT2D eigenvalue weighted by atomic mass is 9.91. The lowest BCUT2D eigenvalue weighted by molar-refractivity contribution is -0.142. The Morgan fingerprint density at radius 2 is 2.04 bits per heavy atom. The Morgan fingerprint density at radius 1 is 1.35 bits per heavy atom. The molecule has 26 heavy (non-hydrogen) atoms. The van der Waals surface area contributed by atoms with Crippen LogP contribution in [-0.2, 0) is 34.7 Å². The molecule has 0 radical (unpaired) electrons. The van der Waals surface area contributed by atoms with Crippen LogP contribution in [-0.4, -0.2) is 36.8 Å². The van der Waals surface area contributed by atoms with Gasteiger partial charge < -0.3 is 9.47 Å². The molecular weight excluding hydrogens is 372 g/mol. The first-order chi connectivity index (χ1) is 12.1. The van der Waals surface area contributed by atoms with Crippen LogP contribution in [0.4, 0.5) is 8.78 Å². The molecule has 0 saturated carbocycles. The van der Waals surface area contributed by atoms with Crippen molar-refractivity contribution in [2.75, 3.05) is 12.3 Å². The van der Waals surface area contributed by atoms with Crippen LogP contribution in [0.2, 0.25) is 0 Å². The van der Waals surface area contributed by atoms with E-state index in [0.29, 0.717) is 12.5 Å². The summed E-state index contributed by atoms with van der Waals surface area (Å²) in [5.74, 6) is -4.94. The molecule has 7 nitrogen and oxygen atoms in total. The number of ether oxygens (including phenoxy) is 2. The Bertz CT molecular complexity index is 942. The number of halogens is 2. The van der Waals surface area contributed by atoms with Gasteiger partial charge in [-0.1, -0.05) is 0 Å². The van der Waals surface area contributed by atoms with E-state index < -0.39 is 50.7 Å². The van der Waals surface area contributed by atoms with Crippen LogP contribution in [0.1, 0.15) is 25.8 Å². The number of ketones is 1. The maximum atomic E-state index is 14.2. The quantitative estimate of drug-likeness (QED) is 0.731. The van der Waals surface area contributed by atoms with E-state index in [-0.39, 0.29) is 17.9 Å². The predicted molar refractivity (Wildman–Crippen MR) is 83.7 cm³/mol. The van der Waals surface area contributed by atoms with Gasteiger partial charge in [0, 0.05) is 25.1 Å². The number of benzene rings is 1. The number of Topliss-reactive ketones (excluding diaryl/α,β-unsaturated/α-hetero) is 1. The van der Waals surface area contributed by atoms with Crippen LogP contribution in [0.3, 0.4) is 0 Å². The molecule has 0 aliphatic carbocycles. The number of carbonyl (C=O) groups is 2. The van der Waals surface area contributed by atoms with Crippen molar-refractivity contribution in [1.29, 1.82) is 0 Å². The molecule has 1 saturated heterocycles. The van der Waals surface area contributed by atoms with E-state index in [1.807, 2.05) is 0 Å². The summed E-state index contributed by atoms with van der Waals surface area (Å²) < 4.78 is 63.1. The summed E-state index contributed by atoms with van der Waals surface area (Å²) in [6.07, 6.45) is 0.290. The maximum Gasteiger partial charge on any atom is 0.308 e. The first kappa shape index (κ1) is 18.3. The van der Waals surface area contributed by atoms with Crippen LogP contribution in [0.25, 0.3) is 0 Å². The molecule has 0 aromatic heterocycles. The normalized spacial score (nSPS) is 24.8. The molecule has 0 amide bonds. The van der Waals surface area contributed by atoms with Gasteiger partial charge in [-0.2, -0.15) is 0 Å².